The molecule has 134 valence electrons. The molecule has 0 fully saturated rings. The number of likely N-dealkylation sites (N-methyl/N-ethyl adjacent to an activating group) is 1. The van der Waals surface area contributed by atoms with E-state index in [9.17, 15) is 19.2 Å². The van der Waals surface area contributed by atoms with Crippen molar-refractivity contribution in [1.29, 1.82) is 0 Å². The first-order valence-corrected chi connectivity index (χ1v) is 6.70. The van der Waals surface area contributed by atoms with Gasteiger partial charge in [0, 0.05) is 12.6 Å². The maximum atomic E-state index is 10.4. The van der Waals surface area contributed by atoms with Crippen LogP contribution in [0.3, 0.4) is 0 Å². The molecule has 23 heavy (non-hydrogen) atoms. The normalized spacial score (nSPS) is 7.78. The summed E-state index contributed by atoms with van der Waals surface area (Å²) in [6.45, 7) is 13.6. The zero-order valence-corrected chi connectivity index (χ0v) is 15.0. The first-order chi connectivity index (χ1) is 10.4. The molecule has 0 aromatic rings. The Kier molecular flexibility index (Phi) is 27.6. The molecule has 0 atom stereocenters. The lowest BCUT2D eigenvalue weighted by molar-refractivity contribution is -0.138. The van der Waals surface area contributed by atoms with Crippen molar-refractivity contribution < 1.29 is 23.9 Å². The van der Waals surface area contributed by atoms with Crippen LogP contribution in [-0.4, -0.2) is 55.6 Å². The molecular weight excluding hydrogens is 300 g/mol. The van der Waals surface area contributed by atoms with Gasteiger partial charge in [-0.3, -0.25) is 4.79 Å². The highest BCUT2D eigenvalue weighted by atomic mass is 16.5. The summed E-state index contributed by atoms with van der Waals surface area (Å²) in [6.07, 6.45) is 2.22. The zero-order chi connectivity index (χ0) is 19.4. The van der Waals surface area contributed by atoms with Crippen LogP contribution in [-0.2, 0) is 23.9 Å². The van der Waals surface area contributed by atoms with Crippen LogP contribution in [0.15, 0.2) is 25.3 Å². The molecule has 0 saturated heterocycles. The van der Waals surface area contributed by atoms with Gasteiger partial charge in [0.1, 0.15) is 18.2 Å². The molecule has 0 unspecified atom stereocenters. The maximum Gasteiger partial charge on any atom is 0.330 e. The van der Waals surface area contributed by atoms with Crippen molar-refractivity contribution in [3.63, 3.8) is 0 Å². The number of amides is 1. The lowest BCUT2D eigenvalue weighted by Crippen LogP contribution is -2.19. The van der Waals surface area contributed by atoms with Crippen LogP contribution in [0.4, 0.5) is 0 Å². The Morgan fingerprint density at radius 1 is 0.957 bits per heavy atom. The second-order valence-electron chi connectivity index (χ2n) is 4.60. The van der Waals surface area contributed by atoms with Gasteiger partial charge in [-0.2, -0.15) is 0 Å². The fraction of sp³-hybridized carbons (Fsp3) is 0.500. The second-order valence-corrected chi connectivity index (χ2v) is 4.60. The number of ether oxygens (including phenoxy) is 1. The summed E-state index contributed by atoms with van der Waals surface area (Å²) in [7, 11) is 3.84. The van der Waals surface area contributed by atoms with Gasteiger partial charge in [0.15, 0.2) is 0 Å². The average molecular weight is 330 g/mol. The minimum Gasteiger partial charge on any atom is -0.461 e. The highest BCUT2D eigenvalue weighted by Crippen LogP contribution is 1.80. The van der Waals surface area contributed by atoms with Gasteiger partial charge in [-0.05, 0) is 47.9 Å². The molecule has 0 aliphatic rings. The molecule has 0 saturated carbocycles. The number of primary amides is 1. The van der Waals surface area contributed by atoms with E-state index < -0.39 is 5.91 Å². The summed E-state index contributed by atoms with van der Waals surface area (Å²) < 4.78 is 4.70. The van der Waals surface area contributed by atoms with Gasteiger partial charge in [0.05, 0.1) is 0 Å². The monoisotopic (exact) mass is 330 g/mol. The fourth-order valence-corrected chi connectivity index (χ4v) is 0.388. The Labute approximate surface area is 139 Å². The molecule has 0 aliphatic heterocycles. The van der Waals surface area contributed by atoms with E-state index in [2.05, 4.69) is 18.9 Å². The highest BCUT2D eigenvalue weighted by Gasteiger charge is 1.94. The summed E-state index contributed by atoms with van der Waals surface area (Å²) in [5.41, 5.74) is 4.53. The summed E-state index contributed by atoms with van der Waals surface area (Å²) in [5.74, 6) is -0.508. The Bertz CT molecular complexity index is 357. The van der Waals surface area contributed by atoms with Crippen molar-refractivity contribution in [3.8, 4) is 0 Å². The summed E-state index contributed by atoms with van der Waals surface area (Å²) >= 11 is 0. The van der Waals surface area contributed by atoms with Crippen LogP contribution in [0.1, 0.15) is 27.7 Å². The first kappa shape index (κ1) is 28.8. The van der Waals surface area contributed by atoms with Gasteiger partial charge in [-0.1, -0.05) is 13.2 Å². The lowest BCUT2D eigenvalue weighted by Gasteiger charge is -2.07. The molecule has 7 nitrogen and oxygen atoms in total. The van der Waals surface area contributed by atoms with E-state index >= 15 is 0 Å². The minimum absolute atomic E-state index is 0.167. The molecule has 2 N–H and O–H groups in total. The quantitative estimate of drug-likeness (QED) is 0.598. The van der Waals surface area contributed by atoms with E-state index in [1.807, 2.05) is 19.0 Å². The predicted molar refractivity (Wildman–Crippen MR) is 91.8 cm³/mol. The number of nitrogens with two attached hydrogens (primary N) is 1. The number of carbonyl (C=O) groups is 4. The number of carbonyl (C=O) groups excluding carboxylic acids is 4. The van der Waals surface area contributed by atoms with Gasteiger partial charge in [-0.15, -0.1) is 0 Å². The van der Waals surface area contributed by atoms with Gasteiger partial charge in [0.2, 0.25) is 5.91 Å². The maximum absolute atomic E-state index is 10.4. The molecular formula is C16H30N2O5. The van der Waals surface area contributed by atoms with Gasteiger partial charge in [0.25, 0.3) is 0 Å². The third-order valence-electron chi connectivity index (χ3n) is 1.15. The molecule has 0 aromatic carbocycles. The Morgan fingerprint density at radius 2 is 1.26 bits per heavy atom. The van der Waals surface area contributed by atoms with Crippen LogP contribution < -0.4 is 5.73 Å². The number of ketones is 2. The van der Waals surface area contributed by atoms with E-state index in [1.165, 1.54) is 27.7 Å². The summed E-state index contributed by atoms with van der Waals surface area (Å²) in [6, 6.07) is 0. The molecule has 1 amide bonds. The van der Waals surface area contributed by atoms with E-state index in [4.69, 9.17) is 4.74 Å². The molecule has 7 heteroatoms. The topological polar surface area (TPSA) is 107 Å². The zero-order valence-electron chi connectivity index (χ0n) is 15.0. The van der Waals surface area contributed by atoms with E-state index in [0.29, 0.717) is 6.61 Å². The van der Waals surface area contributed by atoms with Crippen LogP contribution in [0, 0.1) is 0 Å². The second kappa shape index (κ2) is 22.0. The molecule has 0 radical (unpaired) electrons. The van der Waals surface area contributed by atoms with E-state index in [0.717, 1.165) is 18.7 Å². The number of Topliss-reactive ketones (excluding diaryl/α,β-unsaturated/α-hetero) is 2. The molecule has 0 rings (SSSR count). The summed E-state index contributed by atoms with van der Waals surface area (Å²) in [5, 5.41) is 0. The van der Waals surface area contributed by atoms with Crippen molar-refractivity contribution in [2.45, 2.75) is 27.7 Å². The average Bonchev–Trinajstić information content (AvgIpc) is 2.37. The molecule has 0 spiro atoms. The van der Waals surface area contributed by atoms with Crippen molar-refractivity contribution in [2.75, 3.05) is 27.2 Å². The highest BCUT2D eigenvalue weighted by molar-refractivity contribution is 5.85. The standard InChI is InChI=1S/C7H13NO2.C3H5NO.2C3H6O/c1-4-7(9)10-6-5-8(2)3;1-2-3(4)5;2*1-3(2)4/h4H,1,5-6H2,2-3H3;2H,1H2,(H2,4,5);2*1-2H3. The predicted octanol–water partition coefficient (Wildman–Crippen LogP) is 1.13. The van der Waals surface area contributed by atoms with Crippen molar-refractivity contribution in [3.05, 3.63) is 25.3 Å². The van der Waals surface area contributed by atoms with Crippen molar-refractivity contribution >= 4 is 23.4 Å². The van der Waals surface area contributed by atoms with Gasteiger partial charge >= 0.3 is 5.97 Å². The molecule has 0 aromatic heterocycles. The van der Waals surface area contributed by atoms with Crippen LogP contribution >= 0.6 is 0 Å². The van der Waals surface area contributed by atoms with Crippen LogP contribution in [0.25, 0.3) is 0 Å². The largest absolute Gasteiger partial charge is 0.461 e. The Hall–Kier alpha value is -2.28. The SMILES string of the molecule is C=CC(=O)OCCN(C)C.C=CC(N)=O.CC(C)=O.CC(C)=O. The number of hydrogen-bond donors (Lipinski definition) is 1. The molecule has 0 aliphatic carbocycles. The Morgan fingerprint density at radius 3 is 1.43 bits per heavy atom. The van der Waals surface area contributed by atoms with Crippen molar-refractivity contribution in [1.82, 2.24) is 4.90 Å². The summed E-state index contributed by atoms with van der Waals surface area (Å²) in [4.78, 5) is 40.7. The van der Waals surface area contributed by atoms with Gasteiger partial charge in [-0.25, -0.2) is 4.79 Å². The fourth-order valence-electron chi connectivity index (χ4n) is 0.388. The lowest BCUT2D eigenvalue weighted by atomic mass is 10.6. The van der Waals surface area contributed by atoms with Gasteiger partial charge < -0.3 is 25.0 Å². The minimum atomic E-state index is -0.481. The number of nitrogens with zero attached hydrogens (tertiary/aromatic N) is 1. The van der Waals surface area contributed by atoms with Crippen molar-refractivity contribution in [2.24, 2.45) is 5.73 Å². The number of hydrogen-bond acceptors (Lipinski definition) is 6. The molecule has 0 heterocycles. The van der Waals surface area contributed by atoms with Crippen LogP contribution in [0.5, 0.6) is 0 Å². The van der Waals surface area contributed by atoms with E-state index in [1.54, 1.807) is 0 Å². The van der Waals surface area contributed by atoms with E-state index in [-0.39, 0.29) is 17.5 Å². The van der Waals surface area contributed by atoms with Crippen LogP contribution in [0.2, 0.25) is 0 Å². The Balaban J connectivity index is -0.000000117. The molecule has 0 bridgehead atoms. The number of rotatable bonds is 5. The third kappa shape index (κ3) is 104. The number of esters is 1. The first-order valence-electron chi connectivity index (χ1n) is 6.70. The third-order valence-corrected chi connectivity index (χ3v) is 1.15. The smallest absolute Gasteiger partial charge is 0.330 e.